The molecule has 0 unspecified atom stereocenters. The van der Waals surface area contributed by atoms with Gasteiger partial charge in [-0.1, -0.05) is 194 Å². The summed E-state index contributed by atoms with van der Waals surface area (Å²) >= 11 is 0. The number of benzene rings is 11. The van der Waals surface area contributed by atoms with E-state index in [9.17, 15) is 4.79 Å². The van der Waals surface area contributed by atoms with Crippen molar-refractivity contribution in [1.82, 2.24) is 0 Å². The van der Waals surface area contributed by atoms with Gasteiger partial charge < -0.3 is 14.7 Å². The number of anilines is 9. The maximum absolute atomic E-state index is 12.8. The van der Waals surface area contributed by atoms with Gasteiger partial charge in [0.1, 0.15) is 0 Å². The summed E-state index contributed by atoms with van der Waals surface area (Å²) in [5, 5.41) is 5.10. The second kappa shape index (κ2) is 21.0. The van der Waals surface area contributed by atoms with Gasteiger partial charge in [0.2, 0.25) is 0 Å². The van der Waals surface area contributed by atoms with Crippen LogP contribution >= 0.6 is 0 Å². The van der Waals surface area contributed by atoms with E-state index in [2.05, 4.69) is 294 Å². The van der Waals surface area contributed by atoms with Crippen LogP contribution in [0.25, 0.3) is 11.1 Å². The molecule has 0 aromatic heterocycles. The standard InChI is InChI=1S/C68H53N3OSi/c1-52(72)67-34-20-21-35-68(67)53-36-48-65(49-37-53)73(63-30-16-6-17-31-63,64-32-18-7-19-33-64)66-50-46-62(47-51-66)71(60-42-38-58(39-43-60)69(54-22-8-2-9-23-54)55-24-10-3-11-25-55)61-44-40-59(41-45-61)70(56-26-12-4-13-27-56)57-28-14-5-15-29-57/h2-51H,1H3. The van der Waals surface area contributed by atoms with Crippen molar-refractivity contribution >= 4 is 85.8 Å². The predicted molar refractivity (Wildman–Crippen MR) is 310 cm³/mol. The van der Waals surface area contributed by atoms with Crippen LogP contribution in [0.2, 0.25) is 0 Å². The van der Waals surface area contributed by atoms with Crippen LogP contribution in [0.3, 0.4) is 0 Å². The van der Waals surface area contributed by atoms with Gasteiger partial charge >= 0.3 is 0 Å². The summed E-state index contributed by atoms with van der Waals surface area (Å²) in [7, 11) is -2.94. The maximum Gasteiger partial charge on any atom is 0.179 e. The number of hydrogen-bond donors (Lipinski definition) is 0. The summed E-state index contributed by atoms with van der Waals surface area (Å²) in [4.78, 5) is 19.7. The van der Waals surface area contributed by atoms with Gasteiger partial charge in [-0.2, -0.15) is 0 Å². The zero-order chi connectivity index (χ0) is 49.4. The summed E-state index contributed by atoms with van der Waals surface area (Å²) < 4.78 is 0. The molecule has 0 aliphatic heterocycles. The van der Waals surface area contributed by atoms with Crippen molar-refractivity contribution in [1.29, 1.82) is 0 Å². The Labute approximate surface area is 430 Å². The Hall–Kier alpha value is -9.29. The molecule has 0 radical (unpaired) electrons. The second-order valence-electron chi connectivity index (χ2n) is 18.1. The third-order valence-corrected chi connectivity index (χ3v) is 18.5. The lowest BCUT2D eigenvalue weighted by Gasteiger charge is -2.35. The molecule has 0 heterocycles. The summed E-state index contributed by atoms with van der Waals surface area (Å²) in [5.74, 6) is 0.0562. The van der Waals surface area contributed by atoms with E-state index in [1.807, 2.05) is 24.3 Å². The molecular weight excluding hydrogens is 903 g/mol. The van der Waals surface area contributed by atoms with E-state index >= 15 is 0 Å². The Kier molecular flexibility index (Phi) is 13.2. The van der Waals surface area contributed by atoms with Gasteiger partial charge in [0.15, 0.2) is 13.9 Å². The first-order chi connectivity index (χ1) is 36.1. The van der Waals surface area contributed by atoms with Crippen molar-refractivity contribution in [2.75, 3.05) is 14.7 Å². The monoisotopic (exact) mass is 955 g/mol. The molecule has 0 saturated heterocycles. The highest BCUT2D eigenvalue weighted by Crippen LogP contribution is 2.41. The van der Waals surface area contributed by atoms with Crippen LogP contribution in [-0.4, -0.2) is 13.9 Å². The molecule has 350 valence electrons. The Balaban J connectivity index is 1.05. The molecule has 4 nitrogen and oxygen atoms in total. The van der Waals surface area contributed by atoms with E-state index in [1.165, 1.54) is 20.7 Å². The van der Waals surface area contributed by atoms with Gasteiger partial charge in [0.25, 0.3) is 0 Å². The number of nitrogens with zero attached hydrogens (tertiary/aromatic N) is 3. The molecule has 0 fully saturated rings. The van der Waals surface area contributed by atoms with Crippen molar-refractivity contribution in [2.45, 2.75) is 6.92 Å². The van der Waals surface area contributed by atoms with Crippen LogP contribution < -0.4 is 35.4 Å². The van der Waals surface area contributed by atoms with E-state index < -0.39 is 8.07 Å². The lowest BCUT2D eigenvalue weighted by atomic mass is 9.98. The molecule has 0 aliphatic rings. The SMILES string of the molecule is CC(=O)c1ccccc1-c1ccc([Si](c2ccccc2)(c2ccccc2)c2ccc(N(c3ccc(N(c4ccccc4)c4ccccc4)cc3)c3ccc(N(c4ccccc4)c4ccccc4)cc3)cc2)cc1. The van der Waals surface area contributed by atoms with Crippen molar-refractivity contribution in [2.24, 2.45) is 0 Å². The average molecular weight is 956 g/mol. The molecule has 0 bridgehead atoms. The van der Waals surface area contributed by atoms with Gasteiger partial charge in [-0.3, -0.25) is 4.79 Å². The van der Waals surface area contributed by atoms with Crippen molar-refractivity contribution in [3.05, 3.63) is 309 Å². The molecule has 11 rings (SSSR count). The molecule has 0 spiro atoms. The van der Waals surface area contributed by atoms with Gasteiger partial charge in [-0.05, 0) is 148 Å². The molecule has 11 aromatic carbocycles. The number of carbonyl (C=O) groups excluding carboxylic acids is 1. The normalized spacial score (nSPS) is 11.1. The first-order valence-corrected chi connectivity index (χ1v) is 26.8. The fourth-order valence-corrected chi connectivity index (χ4v) is 15.0. The van der Waals surface area contributed by atoms with Crippen molar-refractivity contribution in [3.8, 4) is 11.1 Å². The molecule has 0 amide bonds. The van der Waals surface area contributed by atoms with E-state index in [1.54, 1.807) is 6.92 Å². The maximum atomic E-state index is 12.8. The lowest BCUT2D eigenvalue weighted by Crippen LogP contribution is -2.74. The van der Waals surface area contributed by atoms with Crippen LogP contribution in [0.1, 0.15) is 17.3 Å². The highest BCUT2D eigenvalue weighted by atomic mass is 28.3. The molecular formula is C68H53N3OSi. The first-order valence-electron chi connectivity index (χ1n) is 24.8. The van der Waals surface area contributed by atoms with E-state index in [0.29, 0.717) is 0 Å². The largest absolute Gasteiger partial charge is 0.311 e. The molecule has 0 saturated carbocycles. The minimum absolute atomic E-state index is 0.0562. The number of rotatable bonds is 15. The van der Waals surface area contributed by atoms with Crippen LogP contribution in [0.5, 0.6) is 0 Å². The fourth-order valence-electron chi connectivity index (χ4n) is 10.3. The minimum Gasteiger partial charge on any atom is -0.311 e. The molecule has 0 aliphatic carbocycles. The van der Waals surface area contributed by atoms with Crippen molar-refractivity contribution < 1.29 is 4.79 Å². The van der Waals surface area contributed by atoms with Gasteiger partial charge in [0.05, 0.1) is 0 Å². The van der Waals surface area contributed by atoms with Gasteiger partial charge in [-0.15, -0.1) is 0 Å². The smallest absolute Gasteiger partial charge is 0.179 e. The summed E-state index contributed by atoms with van der Waals surface area (Å²) in [6, 6.07) is 108. The Morgan fingerprint density at radius 2 is 0.493 bits per heavy atom. The Morgan fingerprint density at radius 3 is 0.808 bits per heavy atom. The zero-order valence-electron chi connectivity index (χ0n) is 40.6. The van der Waals surface area contributed by atoms with Gasteiger partial charge in [0, 0.05) is 56.7 Å². The number of hydrogen-bond acceptors (Lipinski definition) is 4. The third-order valence-electron chi connectivity index (χ3n) is 13.7. The highest BCUT2D eigenvalue weighted by Gasteiger charge is 2.41. The summed E-state index contributed by atoms with van der Waals surface area (Å²) in [6.07, 6.45) is 0. The third kappa shape index (κ3) is 9.29. The Morgan fingerprint density at radius 1 is 0.260 bits per heavy atom. The fraction of sp³-hybridized carbons (Fsp3) is 0.0147. The minimum atomic E-state index is -2.94. The molecule has 5 heteroatoms. The molecule has 0 N–H and O–H groups in total. The van der Waals surface area contributed by atoms with Crippen LogP contribution in [0, 0.1) is 0 Å². The quantitative estimate of drug-likeness (QED) is 0.0581. The molecule has 11 aromatic rings. The topological polar surface area (TPSA) is 26.8 Å². The Bertz CT molecular complexity index is 3300. The van der Waals surface area contributed by atoms with E-state index in [4.69, 9.17) is 0 Å². The zero-order valence-corrected chi connectivity index (χ0v) is 41.6. The van der Waals surface area contributed by atoms with E-state index in [0.717, 1.165) is 67.9 Å². The molecule has 0 atom stereocenters. The van der Waals surface area contributed by atoms with Crippen LogP contribution in [-0.2, 0) is 0 Å². The van der Waals surface area contributed by atoms with E-state index in [-0.39, 0.29) is 5.78 Å². The first kappa shape index (κ1) is 46.1. The van der Waals surface area contributed by atoms with Crippen molar-refractivity contribution in [3.63, 3.8) is 0 Å². The van der Waals surface area contributed by atoms with Crippen LogP contribution in [0.15, 0.2) is 303 Å². The average Bonchev–Trinajstić information content (AvgIpc) is 3.47. The second-order valence-corrected chi connectivity index (χ2v) is 21.9. The lowest BCUT2D eigenvalue weighted by molar-refractivity contribution is 0.101. The number of ketones is 1. The number of carbonyl (C=O) groups is 1. The number of Topliss-reactive ketones (excluding diaryl/α,β-unsaturated/α-hetero) is 1. The molecule has 73 heavy (non-hydrogen) atoms. The summed E-state index contributed by atoms with van der Waals surface area (Å²) in [6.45, 7) is 1.64. The van der Waals surface area contributed by atoms with Gasteiger partial charge in [-0.25, -0.2) is 0 Å². The van der Waals surface area contributed by atoms with Crippen LogP contribution in [0.4, 0.5) is 51.2 Å². The number of para-hydroxylation sites is 4. The predicted octanol–water partition coefficient (Wildman–Crippen LogP) is 15.3. The highest BCUT2D eigenvalue weighted by molar-refractivity contribution is 7.19. The summed E-state index contributed by atoms with van der Waals surface area (Å²) in [5.41, 5.74) is 12.3.